The smallest absolute Gasteiger partial charge is 0.0266 e. The minimum atomic E-state index is 0.726. The van der Waals surface area contributed by atoms with Crippen LogP contribution in [0, 0.1) is 29.1 Å². The second-order valence-corrected chi connectivity index (χ2v) is 4.91. The Morgan fingerprint density at radius 1 is 1.40 bits per heavy atom. The van der Waals surface area contributed by atoms with Crippen molar-refractivity contribution in [2.45, 2.75) is 34.1 Å². The normalized spacial score (nSPS) is 57.9. The SMILES string of the molecule is CC1C2CC(C)(C(C)C)C12. The highest BCUT2D eigenvalue weighted by molar-refractivity contribution is 5.15. The van der Waals surface area contributed by atoms with Gasteiger partial charge in [0.15, 0.2) is 0 Å². The van der Waals surface area contributed by atoms with Crippen LogP contribution in [0.1, 0.15) is 34.1 Å². The van der Waals surface area contributed by atoms with Crippen LogP contribution < -0.4 is 0 Å². The first kappa shape index (κ1) is 6.69. The maximum Gasteiger partial charge on any atom is -0.0266 e. The van der Waals surface area contributed by atoms with Crippen LogP contribution in [-0.4, -0.2) is 0 Å². The van der Waals surface area contributed by atoms with E-state index < -0.39 is 0 Å². The summed E-state index contributed by atoms with van der Waals surface area (Å²) in [5.74, 6) is 4.20. The molecule has 2 rings (SSSR count). The standard InChI is InChI=1S/C10H18/c1-6(2)10(4)5-8-7(3)9(8)10/h6-9H,5H2,1-4H3. The maximum atomic E-state index is 2.47. The molecule has 4 atom stereocenters. The Balaban J connectivity index is 2.08. The van der Waals surface area contributed by atoms with Crippen LogP contribution in [0.25, 0.3) is 0 Å². The van der Waals surface area contributed by atoms with Gasteiger partial charge in [-0.3, -0.25) is 0 Å². The van der Waals surface area contributed by atoms with E-state index in [1.807, 2.05) is 0 Å². The Hall–Kier alpha value is 0. The van der Waals surface area contributed by atoms with Crippen molar-refractivity contribution in [3.8, 4) is 0 Å². The molecule has 4 unspecified atom stereocenters. The summed E-state index contributed by atoms with van der Waals surface area (Å²) in [4.78, 5) is 0. The van der Waals surface area contributed by atoms with Gasteiger partial charge in [-0.05, 0) is 35.5 Å². The fraction of sp³-hybridized carbons (Fsp3) is 1.00. The lowest BCUT2D eigenvalue weighted by molar-refractivity contribution is 0.0730. The Labute approximate surface area is 64.0 Å². The van der Waals surface area contributed by atoms with E-state index in [1.165, 1.54) is 6.42 Å². The summed E-state index contributed by atoms with van der Waals surface area (Å²) in [6.07, 6.45) is 1.51. The number of fused-ring (bicyclic) bond motifs is 1. The summed E-state index contributed by atoms with van der Waals surface area (Å²) in [7, 11) is 0. The van der Waals surface area contributed by atoms with Gasteiger partial charge in [0.1, 0.15) is 0 Å². The molecular weight excluding hydrogens is 120 g/mol. The van der Waals surface area contributed by atoms with Crippen molar-refractivity contribution >= 4 is 0 Å². The van der Waals surface area contributed by atoms with Gasteiger partial charge in [0.05, 0.1) is 0 Å². The third-order valence-electron chi connectivity index (χ3n) is 4.32. The third kappa shape index (κ3) is 0.538. The molecule has 0 aliphatic heterocycles. The van der Waals surface area contributed by atoms with E-state index in [9.17, 15) is 0 Å². The lowest BCUT2D eigenvalue weighted by Gasteiger charge is -2.41. The minimum absolute atomic E-state index is 0.726. The molecule has 0 saturated heterocycles. The molecule has 0 heteroatoms. The summed E-state index contributed by atoms with van der Waals surface area (Å²) in [6.45, 7) is 9.65. The van der Waals surface area contributed by atoms with Crippen molar-refractivity contribution in [3.05, 3.63) is 0 Å². The third-order valence-corrected chi connectivity index (χ3v) is 4.32. The zero-order valence-corrected chi connectivity index (χ0v) is 7.52. The van der Waals surface area contributed by atoms with Gasteiger partial charge < -0.3 is 0 Å². The summed E-state index contributed by atoms with van der Waals surface area (Å²) in [5.41, 5.74) is 0.726. The van der Waals surface area contributed by atoms with Crippen LogP contribution in [0.4, 0.5) is 0 Å². The topological polar surface area (TPSA) is 0 Å². The highest BCUT2D eigenvalue weighted by Gasteiger charge is 2.67. The molecule has 0 spiro atoms. The molecule has 0 aromatic heterocycles. The molecule has 10 heavy (non-hydrogen) atoms. The summed E-state index contributed by atoms with van der Waals surface area (Å²) in [5, 5.41) is 0. The fourth-order valence-corrected chi connectivity index (χ4v) is 3.05. The monoisotopic (exact) mass is 138 g/mol. The first-order valence-corrected chi connectivity index (χ1v) is 4.57. The summed E-state index contributed by atoms with van der Waals surface area (Å²) < 4.78 is 0. The molecule has 2 saturated carbocycles. The predicted octanol–water partition coefficient (Wildman–Crippen LogP) is 2.93. The predicted molar refractivity (Wildman–Crippen MR) is 43.7 cm³/mol. The largest absolute Gasteiger partial charge is 0.0622 e. The van der Waals surface area contributed by atoms with Crippen molar-refractivity contribution in [2.24, 2.45) is 29.1 Å². The van der Waals surface area contributed by atoms with Crippen LogP contribution in [-0.2, 0) is 0 Å². The van der Waals surface area contributed by atoms with E-state index >= 15 is 0 Å². The molecule has 0 heterocycles. The van der Waals surface area contributed by atoms with Crippen molar-refractivity contribution in [3.63, 3.8) is 0 Å². The molecule has 0 aromatic carbocycles. The molecule has 0 radical (unpaired) electrons. The van der Waals surface area contributed by atoms with E-state index in [2.05, 4.69) is 27.7 Å². The number of hydrogen-bond donors (Lipinski definition) is 0. The van der Waals surface area contributed by atoms with Crippen molar-refractivity contribution in [1.29, 1.82) is 0 Å². The maximum absolute atomic E-state index is 2.47. The van der Waals surface area contributed by atoms with Gasteiger partial charge in [-0.2, -0.15) is 0 Å². The van der Waals surface area contributed by atoms with E-state index in [-0.39, 0.29) is 0 Å². The first-order valence-electron chi connectivity index (χ1n) is 4.57. The van der Waals surface area contributed by atoms with Crippen LogP contribution in [0.2, 0.25) is 0 Å². The van der Waals surface area contributed by atoms with Crippen molar-refractivity contribution < 1.29 is 0 Å². The molecule has 0 N–H and O–H groups in total. The second-order valence-electron chi connectivity index (χ2n) is 4.91. The van der Waals surface area contributed by atoms with Gasteiger partial charge >= 0.3 is 0 Å². The van der Waals surface area contributed by atoms with Crippen LogP contribution in [0.5, 0.6) is 0 Å². The zero-order valence-electron chi connectivity index (χ0n) is 7.52. The molecule has 0 amide bonds. The second kappa shape index (κ2) is 1.60. The van der Waals surface area contributed by atoms with Crippen LogP contribution >= 0.6 is 0 Å². The molecule has 2 aliphatic rings. The van der Waals surface area contributed by atoms with E-state index in [0.29, 0.717) is 0 Å². The average molecular weight is 138 g/mol. The minimum Gasteiger partial charge on any atom is -0.0622 e. The van der Waals surface area contributed by atoms with E-state index in [1.54, 1.807) is 0 Å². The van der Waals surface area contributed by atoms with Gasteiger partial charge in [0.2, 0.25) is 0 Å². The Kier molecular flexibility index (Phi) is 1.07. The fourth-order valence-electron chi connectivity index (χ4n) is 3.05. The van der Waals surface area contributed by atoms with E-state index in [0.717, 1.165) is 29.1 Å². The van der Waals surface area contributed by atoms with Gasteiger partial charge in [-0.15, -0.1) is 0 Å². The molecule has 0 aromatic rings. The Morgan fingerprint density at radius 2 is 2.00 bits per heavy atom. The molecule has 0 nitrogen and oxygen atoms in total. The van der Waals surface area contributed by atoms with Crippen molar-refractivity contribution in [2.75, 3.05) is 0 Å². The zero-order chi connectivity index (χ0) is 7.52. The Bertz CT molecular complexity index is 155. The van der Waals surface area contributed by atoms with Crippen LogP contribution in [0.15, 0.2) is 0 Å². The highest BCUT2D eigenvalue weighted by atomic mass is 14.7. The van der Waals surface area contributed by atoms with Gasteiger partial charge in [0.25, 0.3) is 0 Å². The molecule has 58 valence electrons. The summed E-state index contributed by atoms with van der Waals surface area (Å²) >= 11 is 0. The molecule has 2 fully saturated rings. The average Bonchev–Trinajstić information content (AvgIpc) is 2.32. The lowest BCUT2D eigenvalue weighted by Crippen LogP contribution is -2.34. The lowest BCUT2D eigenvalue weighted by atomic mass is 9.63. The van der Waals surface area contributed by atoms with Gasteiger partial charge in [-0.25, -0.2) is 0 Å². The van der Waals surface area contributed by atoms with E-state index in [4.69, 9.17) is 0 Å². The van der Waals surface area contributed by atoms with Crippen molar-refractivity contribution in [1.82, 2.24) is 0 Å². The van der Waals surface area contributed by atoms with Gasteiger partial charge in [0, 0.05) is 0 Å². The molecule has 2 aliphatic carbocycles. The quantitative estimate of drug-likeness (QED) is 0.522. The summed E-state index contributed by atoms with van der Waals surface area (Å²) in [6, 6.07) is 0. The highest BCUT2D eigenvalue weighted by Crippen LogP contribution is 2.73. The molecule has 0 bridgehead atoms. The molecular formula is C10H18. The first-order chi connectivity index (χ1) is 4.57. The van der Waals surface area contributed by atoms with Gasteiger partial charge in [-0.1, -0.05) is 27.7 Å². The number of hydrogen-bond acceptors (Lipinski definition) is 0. The number of rotatable bonds is 1. The van der Waals surface area contributed by atoms with Crippen LogP contribution in [0.3, 0.4) is 0 Å². The Morgan fingerprint density at radius 3 is 2.10 bits per heavy atom.